The Morgan fingerprint density at radius 1 is 1.26 bits per heavy atom. The van der Waals surface area contributed by atoms with E-state index in [4.69, 9.17) is 0 Å². The second kappa shape index (κ2) is 6.14. The standard InChI is InChI=1S/C16H22N6O/c23-15(7-10-21-9-1-8-17-21)18-13-4-5-14-19-20-16(12-2-3-12)22(14)11-6-13/h1,8-9,12-13H,2-7,10-11H2,(H,18,23). The monoisotopic (exact) mass is 314 g/mol. The average molecular weight is 314 g/mol. The molecule has 1 N–H and O–H groups in total. The van der Waals surface area contributed by atoms with Gasteiger partial charge in [0.05, 0.1) is 0 Å². The molecule has 7 nitrogen and oxygen atoms in total. The molecule has 0 bridgehead atoms. The first kappa shape index (κ1) is 14.4. The lowest BCUT2D eigenvalue weighted by molar-refractivity contribution is -0.122. The van der Waals surface area contributed by atoms with Gasteiger partial charge >= 0.3 is 0 Å². The number of aryl methyl sites for hydroxylation is 2. The maximum atomic E-state index is 12.1. The maximum Gasteiger partial charge on any atom is 0.222 e. The van der Waals surface area contributed by atoms with Gasteiger partial charge in [0.2, 0.25) is 5.91 Å². The third kappa shape index (κ3) is 3.28. The minimum atomic E-state index is 0.102. The summed E-state index contributed by atoms with van der Waals surface area (Å²) in [4.78, 5) is 12.1. The number of rotatable bonds is 5. The molecule has 23 heavy (non-hydrogen) atoms. The Morgan fingerprint density at radius 3 is 2.96 bits per heavy atom. The first-order valence-electron chi connectivity index (χ1n) is 8.48. The molecule has 1 amide bonds. The second-order valence-corrected chi connectivity index (χ2v) is 6.51. The van der Waals surface area contributed by atoms with Gasteiger partial charge in [-0.05, 0) is 31.7 Å². The molecule has 1 aliphatic carbocycles. The highest BCUT2D eigenvalue weighted by molar-refractivity contribution is 5.76. The molecule has 1 saturated carbocycles. The van der Waals surface area contributed by atoms with E-state index in [2.05, 4.69) is 25.2 Å². The summed E-state index contributed by atoms with van der Waals surface area (Å²) in [5, 5.41) is 16.0. The highest BCUT2D eigenvalue weighted by Crippen LogP contribution is 2.39. The fourth-order valence-corrected chi connectivity index (χ4v) is 3.25. The zero-order chi connectivity index (χ0) is 15.6. The Morgan fingerprint density at radius 2 is 2.17 bits per heavy atom. The van der Waals surface area contributed by atoms with Crippen molar-refractivity contribution in [2.75, 3.05) is 0 Å². The van der Waals surface area contributed by atoms with Gasteiger partial charge < -0.3 is 9.88 Å². The zero-order valence-electron chi connectivity index (χ0n) is 13.2. The summed E-state index contributed by atoms with van der Waals surface area (Å²) in [7, 11) is 0. The fourth-order valence-electron chi connectivity index (χ4n) is 3.25. The molecule has 1 unspecified atom stereocenters. The number of aromatic nitrogens is 5. The molecule has 4 rings (SSSR count). The molecule has 1 atom stereocenters. The van der Waals surface area contributed by atoms with E-state index < -0.39 is 0 Å². The van der Waals surface area contributed by atoms with Crippen LogP contribution in [0.4, 0.5) is 0 Å². The number of nitrogens with one attached hydrogen (secondary N) is 1. The van der Waals surface area contributed by atoms with Crippen LogP contribution in [0.3, 0.4) is 0 Å². The van der Waals surface area contributed by atoms with Crippen LogP contribution in [0, 0.1) is 0 Å². The topological polar surface area (TPSA) is 77.6 Å². The predicted molar refractivity (Wildman–Crippen MR) is 83.7 cm³/mol. The van der Waals surface area contributed by atoms with Crippen LogP contribution in [0.5, 0.6) is 0 Å². The normalized spacial score (nSPS) is 20.8. The van der Waals surface area contributed by atoms with Gasteiger partial charge in [0, 0.05) is 50.3 Å². The Kier molecular flexibility index (Phi) is 3.85. The Bertz CT molecular complexity index is 673. The number of carbonyl (C=O) groups is 1. The van der Waals surface area contributed by atoms with Crippen molar-refractivity contribution >= 4 is 5.91 Å². The molecular formula is C16H22N6O. The van der Waals surface area contributed by atoms with Gasteiger partial charge in [-0.15, -0.1) is 10.2 Å². The van der Waals surface area contributed by atoms with Crippen molar-refractivity contribution in [1.82, 2.24) is 29.9 Å². The second-order valence-electron chi connectivity index (χ2n) is 6.51. The van der Waals surface area contributed by atoms with Crippen LogP contribution in [-0.4, -0.2) is 36.5 Å². The molecule has 1 aliphatic heterocycles. The predicted octanol–water partition coefficient (Wildman–Crippen LogP) is 1.26. The maximum absolute atomic E-state index is 12.1. The molecule has 2 aliphatic rings. The summed E-state index contributed by atoms with van der Waals surface area (Å²) in [6.07, 6.45) is 9.36. The van der Waals surface area contributed by atoms with Crippen molar-refractivity contribution in [2.24, 2.45) is 0 Å². The molecule has 0 spiro atoms. The quantitative estimate of drug-likeness (QED) is 0.901. The zero-order valence-corrected chi connectivity index (χ0v) is 13.2. The van der Waals surface area contributed by atoms with Crippen molar-refractivity contribution in [3.63, 3.8) is 0 Å². The van der Waals surface area contributed by atoms with Gasteiger partial charge in [-0.1, -0.05) is 0 Å². The molecule has 0 aromatic carbocycles. The van der Waals surface area contributed by atoms with E-state index in [1.54, 1.807) is 10.9 Å². The first-order valence-corrected chi connectivity index (χ1v) is 8.48. The van der Waals surface area contributed by atoms with E-state index in [0.29, 0.717) is 18.9 Å². The van der Waals surface area contributed by atoms with Gasteiger partial charge in [0.1, 0.15) is 11.6 Å². The lowest BCUT2D eigenvalue weighted by Gasteiger charge is -2.16. The number of hydrogen-bond acceptors (Lipinski definition) is 4. The lowest BCUT2D eigenvalue weighted by Crippen LogP contribution is -2.35. The van der Waals surface area contributed by atoms with E-state index in [9.17, 15) is 4.79 Å². The molecule has 0 saturated heterocycles. The van der Waals surface area contributed by atoms with Crippen molar-refractivity contribution in [2.45, 2.75) is 63.6 Å². The van der Waals surface area contributed by atoms with Crippen LogP contribution in [0.2, 0.25) is 0 Å². The first-order chi connectivity index (χ1) is 11.3. The van der Waals surface area contributed by atoms with E-state index >= 15 is 0 Å². The molecule has 0 radical (unpaired) electrons. The highest BCUT2D eigenvalue weighted by Gasteiger charge is 2.31. The largest absolute Gasteiger partial charge is 0.353 e. The number of carbonyl (C=O) groups excluding carboxylic acids is 1. The van der Waals surface area contributed by atoms with Crippen LogP contribution in [-0.2, 0) is 24.3 Å². The molecule has 2 aromatic rings. The van der Waals surface area contributed by atoms with Gasteiger partial charge in [-0.2, -0.15) is 5.10 Å². The Labute approximate surface area is 135 Å². The summed E-state index contributed by atoms with van der Waals surface area (Å²) in [6.45, 7) is 1.54. The number of fused-ring (bicyclic) bond motifs is 1. The number of hydrogen-bond donors (Lipinski definition) is 1. The van der Waals surface area contributed by atoms with Crippen molar-refractivity contribution in [3.8, 4) is 0 Å². The third-order valence-electron chi connectivity index (χ3n) is 4.71. The third-order valence-corrected chi connectivity index (χ3v) is 4.71. The minimum absolute atomic E-state index is 0.102. The highest BCUT2D eigenvalue weighted by atomic mass is 16.1. The van der Waals surface area contributed by atoms with Gasteiger partial charge in [0.25, 0.3) is 0 Å². The van der Waals surface area contributed by atoms with Crippen LogP contribution in [0.25, 0.3) is 0 Å². The van der Waals surface area contributed by atoms with Crippen LogP contribution in [0.1, 0.15) is 49.7 Å². The molecule has 3 heterocycles. The number of amides is 1. The summed E-state index contributed by atoms with van der Waals surface area (Å²) < 4.78 is 4.07. The smallest absolute Gasteiger partial charge is 0.222 e. The summed E-state index contributed by atoms with van der Waals surface area (Å²) >= 11 is 0. The molecule has 1 fully saturated rings. The van der Waals surface area contributed by atoms with Crippen LogP contribution in [0.15, 0.2) is 18.5 Å². The fraction of sp³-hybridized carbons (Fsp3) is 0.625. The molecule has 7 heteroatoms. The molecule has 2 aromatic heterocycles. The average Bonchev–Trinajstić information content (AvgIpc) is 3.17. The van der Waals surface area contributed by atoms with E-state index in [1.165, 1.54) is 12.8 Å². The Balaban J connectivity index is 1.30. The molecule has 122 valence electrons. The van der Waals surface area contributed by atoms with Gasteiger partial charge in [-0.25, -0.2) is 0 Å². The van der Waals surface area contributed by atoms with Crippen LogP contribution < -0.4 is 5.32 Å². The lowest BCUT2D eigenvalue weighted by atomic mass is 10.1. The van der Waals surface area contributed by atoms with Crippen molar-refractivity contribution in [1.29, 1.82) is 0 Å². The summed E-state index contributed by atoms with van der Waals surface area (Å²) in [5.41, 5.74) is 0. The van der Waals surface area contributed by atoms with Gasteiger partial charge in [-0.3, -0.25) is 9.48 Å². The number of nitrogens with zero attached hydrogens (tertiary/aromatic N) is 5. The summed E-state index contributed by atoms with van der Waals surface area (Å²) in [5.74, 6) is 2.97. The molecular weight excluding hydrogens is 292 g/mol. The van der Waals surface area contributed by atoms with Crippen molar-refractivity contribution in [3.05, 3.63) is 30.1 Å². The van der Waals surface area contributed by atoms with E-state index in [0.717, 1.165) is 37.5 Å². The van der Waals surface area contributed by atoms with Crippen LogP contribution >= 0.6 is 0 Å². The van der Waals surface area contributed by atoms with Gasteiger partial charge in [0.15, 0.2) is 0 Å². The summed E-state index contributed by atoms with van der Waals surface area (Å²) in [6, 6.07) is 2.10. The SMILES string of the molecule is O=C(CCn1cccn1)NC1CCc2nnc(C3CC3)n2CC1. The minimum Gasteiger partial charge on any atom is -0.353 e. The van der Waals surface area contributed by atoms with E-state index in [-0.39, 0.29) is 11.9 Å². The van der Waals surface area contributed by atoms with Crippen molar-refractivity contribution < 1.29 is 4.79 Å². The van der Waals surface area contributed by atoms with E-state index in [1.807, 2.05) is 12.3 Å². The Hall–Kier alpha value is -2.18.